The fourth-order valence-electron chi connectivity index (χ4n) is 2.27. The van der Waals surface area contributed by atoms with Crippen LogP contribution in [0.15, 0.2) is 0 Å². The molecule has 0 aromatic carbocycles. The molecule has 2 unspecified atom stereocenters. The van der Waals surface area contributed by atoms with Crippen molar-refractivity contribution in [1.29, 1.82) is 0 Å². The average Bonchev–Trinajstić information content (AvgIpc) is 2.34. The molecule has 1 heterocycles. The lowest BCUT2D eigenvalue weighted by Crippen LogP contribution is -2.55. The van der Waals surface area contributed by atoms with Crippen LogP contribution in [0.3, 0.4) is 0 Å². The number of carboxylic acids is 2. The molecule has 0 spiro atoms. The molecule has 0 aromatic rings. The summed E-state index contributed by atoms with van der Waals surface area (Å²) in [4.78, 5) is 35.8. The van der Waals surface area contributed by atoms with Crippen LogP contribution < -0.4 is 5.73 Å². The number of hydrogen-bond acceptors (Lipinski definition) is 4. The number of nitrogens with two attached hydrogens (primary N) is 1. The van der Waals surface area contributed by atoms with Crippen LogP contribution in [-0.4, -0.2) is 52.1 Å². The van der Waals surface area contributed by atoms with Crippen molar-refractivity contribution in [3.63, 3.8) is 0 Å². The Bertz CT molecular complexity index is 415. The van der Waals surface area contributed by atoms with Crippen molar-refractivity contribution in [1.82, 2.24) is 4.90 Å². The molecule has 1 rings (SSSR count). The van der Waals surface area contributed by atoms with Crippen LogP contribution in [0.1, 0.15) is 27.2 Å². The first-order chi connectivity index (χ1) is 9.05. The van der Waals surface area contributed by atoms with E-state index in [2.05, 4.69) is 0 Å². The first-order valence-electron chi connectivity index (χ1n) is 6.55. The standard InChI is InChI=1S/C13H22N2O5/c1-13(2,3)9(14)10(16)15-5-4-7(11(17)18)8(6-15)12(19)20/h7-9H,4-6,14H2,1-3H3,(H,17,18)(H,19,20)/t7?,8?,9-/m1/s1. The summed E-state index contributed by atoms with van der Waals surface area (Å²) in [6.07, 6.45) is 0.134. The zero-order chi connectivity index (χ0) is 15.7. The van der Waals surface area contributed by atoms with Crippen LogP contribution in [0.2, 0.25) is 0 Å². The molecular formula is C13H22N2O5. The molecular weight excluding hydrogens is 264 g/mol. The number of rotatable bonds is 3. The lowest BCUT2D eigenvalue weighted by atomic mass is 9.83. The highest BCUT2D eigenvalue weighted by atomic mass is 16.4. The van der Waals surface area contributed by atoms with E-state index < -0.39 is 35.2 Å². The molecule has 20 heavy (non-hydrogen) atoms. The highest BCUT2D eigenvalue weighted by molar-refractivity contribution is 5.85. The van der Waals surface area contributed by atoms with Crippen LogP contribution in [0.25, 0.3) is 0 Å². The molecule has 0 aliphatic carbocycles. The lowest BCUT2D eigenvalue weighted by Gasteiger charge is -2.38. The average molecular weight is 286 g/mol. The smallest absolute Gasteiger partial charge is 0.309 e. The van der Waals surface area contributed by atoms with Crippen molar-refractivity contribution in [2.24, 2.45) is 23.0 Å². The Morgan fingerprint density at radius 1 is 1.15 bits per heavy atom. The van der Waals surface area contributed by atoms with Gasteiger partial charge in [0.05, 0.1) is 17.9 Å². The maximum Gasteiger partial charge on any atom is 0.309 e. The van der Waals surface area contributed by atoms with E-state index in [0.717, 1.165) is 0 Å². The minimum Gasteiger partial charge on any atom is -0.481 e. The third-order valence-corrected chi connectivity index (χ3v) is 3.76. The summed E-state index contributed by atoms with van der Waals surface area (Å²) in [6.45, 7) is 5.61. The highest BCUT2D eigenvalue weighted by Crippen LogP contribution is 2.27. The van der Waals surface area contributed by atoms with Gasteiger partial charge in [-0.15, -0.1) is 0 Å². The number of carbonyl (C=O) groups excluding carboxylic acids is 1. The van der Waals surface area contributed by atoms with E-state index in [1.165, 1.54) is 4.90 Å². The Kier molecular flexibility index (Phi) is 4.75. The quantitative estimate of drug-likeness (QED) is 0.671. The van der Waals surface area contributed by atoms with Crippen LogP contribution >= 0.6 is 0 Å². The SMILES string of the molecule is CC(C)(C)[C@H](N)C(=O)N1CCC(C(=O)O)C(C(=O)O)C1. The van der Waals surface area contributed by atoms with Gasteiger partial charge in [-0.2, -0.15) is 0 Å². The van der Waals surface area contributed by atoms with Gasteiger partial charge in [0, 0.05) is 13.1 Å². The zero-order valence-electron chi connectivity index (χ0n) is 12.0. The molecule has 114 valence electrons. The van der Waals surface area contributed by atoms with Crippen LogP contribution in [0.4, 0.5) is 0 Å². The van der Waals surface area contributed by atoms with Crippen molar-refractivity contribution < 1.29 is 24.6 Å². The van der Waals surface area contributed by atoms with Crippen LogP contribution in [-0.2, 0) is 14.4 Å². The Balaban J connectivity index is 2.84. The van der Waals surface area contributed by atoms with E-state index in [1.54, 1.807) is 0 Å². The molecule has 0 saturated carbocycles. The van der Waals surface area contributed by atoms with Crippen molar-refractivity contribution >= 4 is 17.8 Å². The molecule has 1 saturated heterocycles. The zero-order valence-corrected chi connectivity index (χ0v) is 12.0. The fraction of sp³-hybridized carbons (Fsp3) is 0.769. The van der Waals surface area contributed by atoms with E-state index >= 15 is 0 Å². The molecule has 0 radical (unpaired) electrons. The van der Waals surface area contributed by atoms with E-state index in [0.29, 0.717) is 0 Å². The lowest BCUT2D eigenvalue weighted by molar-refractivity contribution is -0.159. The van der Waals surface area contributed by atoms with Crippen molar-refractivity contribution in [2.45, 2.75) is 33.2 Å². The van der Waals surface area contributed by atoms with Crippen molar-refractivity contribution in [2.75, 3.05) is 13.1 Å². The summed E-state index contributed by atoms with van der Waals surface area (Å²) in [5, 5.41) is 18.2. The minimum atomic E-state index is -1.20. The van der Waals surface area contributed by atoms with Gasteiger partial charge in [0.1, 0.15) is 0 Å². The van der Waals surface area contributed by atoms with Gasteiger partial charge in [0.2, 0.25) is 5.91 Å². The summed E-state index contributed by atoms with van der Waals surface area (Å²) < 4.78 is 0. The number of likely N-dealkylation sites (tertiary alicyclic amines) is 1. The van der Waals surface area contributed by atoms with Gasteiger partial charge in [0.15, 0.2) is 0 Å². The Morgan fingerprint density at radius 2 is 1.65 bits per heavy atom. The second-order valence-corrected chi connectivity index (χ2v) is 6.31. The van der Waals surface area contributed by atoms with Gasteiger partial charge >= 0.3 is 11.9 Å². The summed E-state index contributed by atoms with van der Waals surface area (Å²) in [5.41, 5.74) is 5.46. The minimum absolute atomic E-state index is 0.102. The maximum atomic E-state index is 12.2. The summed E-state index contributed by atoms with van der Waals surface area (Å²) in [6, 6.07) is -0.738. The van der Waals surface area contributed by atoms with E-state index in [9.17, 15) is 14.4 Å². The third kappa shape index (κ3) is 3.47. The number of piperidine rings is 1. The van der Waals surface area contributed by atoms with Crippen LogP contribution in [0, 0.1) is 17.3 Å². The number of nitrogens with zero attached hydrogens (tertiary/aromatic N) is 1. The molecule has 7 heteroatoms. The topological polar surface area (TPSA) is 121 Å². The normalized spacial score (nSPS) is 25.1. The fourth-order valence-corrected chi connectivity index (χ4v) is 2.27. The second-order valence-electron chi connectivity index (χ2n) is 6.31. The number of amides is 1. The first-order valence-corrected chi connectivity index (χ1v) is 6.55. The van der Waals surface area contributed by atoms with Gasteiger partial charge in [-0.25, -0.2) is 0 Å². The molecule has 4 N–H and O–H groups in total. The predicted octanol–water partition coefficient (Wildman–Crippen LogP) is -0.00630. The molecule has 1 aliphatic rings. The first kappa shape index (κ1) is 16.4. The van der Waals surface area contributed by atoms with E-state index in [-0.39, 0.29) is 25.4 Å². The van der Waals surface area contributed by atoms with Gasteiger partial charge in [0.25, 0.3) is 0 Å². The molecule has 7 nitrogen and oxygen atoms in total. The van der Waals surface area contributed by atoms with Crippen molar-refractivity contribution in [3.8, 4) is 0 Å². The summed E-state index contributed by atoms with van der Waals surface area (Å²) in [7, 11) is 0. The second kappa shape index (κ2) is 5.78. The Labute approximate surface area is 117 Å². The highest BCUT2D eigenvalue weighted by Gasteiger charge is 2.42. The third-order valence-electron chi connectivity index (χ3n) is 3.76. The van der Waals surface area contributed by atoms with E-state index in [1.807, 2.05) is 20.8 Å². The predicted molar refractivity (Wildman–Crippen MR) is 70.9 cm³/mol. The molecule has 1 amide bonds. The molecule has 1 aliphatic heterocycles. The largest absolute Gasteiger partial charge is 0.481 e. The number of aliphatic carboxylic acids is 2. The maximum absolute atomic E-state index is 12.2. The molecule has 1 fully saturated rings. The van der Waals surface area contributed by atoms with Gasteiger partial charge < -0.3 is 20.8 Å². The summed E-state index contributed by atoms with van der Waals surface area (Å²) >= 11 is 0. The molecule has 0 bridgehead atoms. The van der Waals surface area contributed by atoms with Gasteiger partial charge in [-0.3, -0.25) is 14.4 Å². The monoisotopic (exact) mass is 286 g/mol. The summed E-state index contributed by atoms with van der Waals surface area (Å²) in [5.74, 6) is -4.70. The number of carboxylic acid groups (broad SMARTS) is 2. The number of hydrogen-bond donors (Lipinski definition) is 3. The Hall–Kier alpha value is -1.63. The van der Waals surface area contributed by atoms with Gasteiger partial charge in [-0.1, -0.05) is 20.8 Å². The Morgan fingerprint density at radius 3 is 2.05 bits per heavy atom. The molecule has 3 atom stereocenters. The van der Waals surface area contributed by atoms with Crippen molar-refractivity contribution in [3.05, 3.63) is 0 Å². The van der Waals surface area contributed by atoms with Crippen LogP contribution in [0.5, 0.6) is 0 Å². The number of carbonyl (C=O) groups is 3. The van der Waals surface area contributed by atoms with Gasteiger partial charge in [-0.05, 0) is 11.8 Å². The van der Waals surface area contributed by atoms with E-state index in [4.69, 9.17) is 15.9 Å². The molecule has 0 aromatic heterocycles.